The van der Waals surface area contributed by atoms with Gasteiger partial charge in [-0.3, -0.25) is 4.79 Å². The third-order valence-electron chi connectivity index (χ3n) is 4.18. The second-order valence-electron chi connectivity index (χ2n) is 6.08. The summed E-state index contributed by atoms with van der Waals surface area (Å²) < 4.78 is 5.82. The van der Waals surface area contributed by atoms with Gasteiger partial charge in [0.15, 0.2) is 0 Å². The fraction of sp³-hybridized carbons (Fsp3) is 0.100. The molecule has 2 aromatic carbocycles. The first-order chi connectivity index (χ1) is 12.1. The average molecular weight is 332 g/mol. The van der Waals surface area contributed by atoms with Crippen molar-refractivity contribution in [3.8, 4) is 16.9 Å². The molecular formula is C20H16N2O3. The first-order valence-corrected chi connectivity index (χ1v) is 7.87. The molecule has 0 bridgehead atoms. The molecule has 25 heavy (non-hydrogen) atoms. The van der Waals surface area contributed by atoms with Gasteiger partial charge in [-0.05, 0) is 23.8 Å². The van der Waals surface area contributed by atoms with E-state index in [0.717, 1.165) is 21.9 Å². The number of aromatic hydroxyl groups is 1. The molecule has 0 fully saturated rings. The number of pyridine rings is 1. The van der Waals surface area contributed by atoms with Crippen LogP contribution < -0.4 is 0 Å². The monoisotopic (exact) mass is 332 g/mol. The van der Waals surface area contributed by atoms with Crippen molar-refractivity contribution in [3.63, 3.8) is 0 Å². The maximum Gasteiger partial charge on any atom is 0.255 e. The molecule has 4 aromatic rings. The summed E-state index contributed by atoms with van der Waals surface area (Å²) in [6, 6.07) is 14.6. The largest absolute Gasteiger partial charge is 0.508 e. The van der Waals surface area contributed by atoms with E-state index in [-0.39, 0.29) is 11.7 Å². The fourth-order valence-electron chi connectivity index (χ4n) is 3.04. The van der Waals surface area contributed by atoms with Crippen molar-refractivity contribution >= 4 is 28.0 Å². The molecule has 0 spiro atoms. The van der Waals surface area contributed by atoms with Gasteiger partial charge in [0.05, 0.1) is 10.9 Å². The lowest BCUT2D eigenvalue weighted by Gasteiger charge is -2.14. The third kappa shape index (κ3) is 2.41. The Balaban J connectivity index is 2.18. The summed E-state index contributed by atoms with van der Waals surface area (Å²) in [7, 11) is 3.42. The molecule has 0 radical (unpaired) electrons. The van der Waals surface area contributed by atoms with E-state index in [0.29, 0.717) is 16.9 Å². The Labute approximate surface area is 144 Å². The van der Waals surface area contributed by atoms with Gasteiger partial charge in [0, 0.05) is 31.2 Å². The van der Waals surface area contributed by atoms with Crippen molar-refractivity contribution in [1.29, 1.82) is 0 Å². The number of nitrogens with zero attached hydrogens (tertiary/aromatic N) is 2. The van der Waals surface area contributed by atoms with Gasteiger partial charge in [-0.25, -0.2) is 4.98 Å². The third-order valence-corrected chi connectivity index (χ3v) is 4.18. The molecule has 0 aliphatic heterocycles. The van der Waals surface area contributed by atoms with Crippen molar-refractivity contribution in [2.45, 2.75) is 0 Å². The highest BCUT2D eigenvalue weighted by Crippen LogP contribution is 2.39. The number of furan rings is 1. The van der Waals surface area contributed by atoms with E-state index in [4.69, 9.17) is 4.42 Å². The number of aromatic nitrogens is 1. The highest BCUT2D eigenvalue weighted by Gasteiger charge is 2.22. The number of phenolic OH excluding ortho intramolecular Hbond substituents is 1. The minimum atomic E-state index is -0.136. The number of carbonyl (C=O) groups is 1. The van der Waals surface area contributed by atoms with E-state index >= 15 is 0 Å². The van der Waals surface area contributed by atoms with Crippen LogP contribution in [0.3, 0.4) is 0 Å². The first kappa shape index (κ1) is 15.2. The topological polar surface area (TPSA) is 66.6 Å². The minimum absolute atomic E-state index is 0.136. The highest BCUT2D eigenvalue weighted by molar-refractivity contribution is 6.16. The Morgan fingerprint density at radius 1 is 1.12 bits per heavy atom. The van der Waals surface area contributed by atoms with Crippen LogP contribution in [0.15, 0.2) is 59.1 Å². The Morgan fingerprint density at radius 2 is 1.88 bits per heavy atom. The van der Waals surface area contributed by atoms with Crippen molar-refractivity contribution in [1.82, 2.24) is 9.88 Å². The normalized spacial score (nSPS) is 11.1. The highest BCUT2D eigenvalue weighted by atomic mass is 16.3. The number of rotatable bonds is 2. The molecule has 2 aromatic heterocycles. The number of hydrogen-bond acceptors (Lipinski definition) is 4. The first-order valence-electron chi connectivity index (χ1n) is 7.87. The molecule has 2 heterocycles. The summed E-state index contributed by atoms with van der Waals surface area (Å²) in [5, 5.41) is 11.4. The van der Waals surface area contributed by atoms with Gasteiger partial charge in [-0.1, -0.05) is 30.3 Å². The van der Waals surface area contributed by atoms with Crippen LogP contribution >= 0.6 is 0 Å². The van der Waals surface area contributed by atoms with Gasteiger partial charge in [0.1, 0.15) is 11.3 Å². The maximum absolute atomic E-state index is 12.7. The number of fused-ring (bicyclic) bond motifs is 3. The number of benzene rings is 2. The summed E-state index contributed by atoms with van der Waals surface area (Å²) in [6.07, 6.45) is 1.55. The Kier molecular flexibility index (Phi) is 3.42. The average Bonchev–Trinajstić information content (AvgIpc) is 2.98. The van der Waals surface area contributed by atoms with Crippen LogP contribution in [0.2, 0.25) is 0 Å². The fourth-order valence-corrected chi connectivity index (χ4v) is 3.04. The van der Waals surface area contributed by atoms with Crippen LogP contribution in [-0.2, 0) is 0 Å². The maximum atomic E-state index is 12.7. The molecule has 4 rings (SSSR count). The van der Waals surface area contributed by atoms with Gasteiger partial charge in [-0.15, -0.1) is 0 Å². The van der Waals surface area contributed by atoms with E-state index < -0.39 is 0 Å². The molecule has 5 nitrogen and oxygen atoms in total. The van der Waals surface area contributed by atoms with Gasteiger partial charge < -0.3 is 14.4 Å². The van der Waals surface area contributed by atoms with Crippen LogP contribution in [-0.4, -0.2) is 35.0 Å². The summed E-state index contributed by atoms with van der Waals surface area (Å²) in [4.78, 5) is 18.6. The molecule has 0 saturated heterocycles. The molecule has 1 N–H and O–H groups in total. The minimum Gasteiger partial charge on any atom is -0.508 e. The number of phenols is 1. The molecule has 5 heteroatoms. The van der Waals surface area contributed by atoms with Gasteiger partial charge in [0.2, 0.25) is 5.71 Å². The molecule has 0 atom stereocenters. The van der Waals surface area contributed by atoms with E-state index in [1.807, 2.05) is 30.3 Å². The predicted octanol–water partition coefficient (Wildman–Crippen LogP) is 4.06. The zero-order valence-electron chi connectivity index (χ0n) is 13.9. The van der Waals surface area contributed by atoms with Crippen LogP contribution in [0.4, 0.5) is 0 Å². The Morgan fingerprint density at radius 3 is 2.60 bits per heavy atom. The van der Waals surface area contributed by atoms with Gasteiger partial charge in [0.25, 0.3) is 5.91 Å². The standard InChI is InChI=1S/C20H16N2O3/c1-22(2)20(24)15-11-21-19-18(17(15)12-6-4-3-5-7-12)14-10-13(23)8-9-16(14)25-19/h3-11,23H,1-2H3. The quantitative estimate of drug-likeness (QED) is 0.601. The number of carbonyl (C=O) groups excluding carboxylic acids is 1. The Bertz CT molecular complexity index is 1100. The number of hydrogen-bond donors (Lipinski definition) is 1. The van der Waals surface area contributed by atoms with Crippen LogP contribution in [0.25, 0.3) is 33.2 Å². The van der Waals surface area contributed by atoms with Crippen LogP contribution in [0.5, 0.6) is 5.75 Å². The molecule has 0 aliphatic carbocycles. The van der Waals surface area contributed by atoms with Gasteiger partial charge in [-0.2, -0.15) is 0 Å². The molecule has 124 valence electrons. The second-order valence-corrected chi connectivity index (χ2v) is 6.08. The smallest absolute Gasteiger partial charge is 0.255 e. The Hall–Kier alpha value is -3.34. The lowest BCUT2D eigenvalue weighted by atomic mass is 9.96. The van der Waals surface area contributed by atoms with Crippen LogP contribution in [0, 0.1) is 0 Å². The van der Waals surface area contributed by atoms with Crippen molar-refractivity contribution in [2.75, 3.05) is 14.1 Å². The van der Waals surface area contributed by atoms with E-state index in [1.54, 1.807) is 38.5 Å². The zero-order chi connectivity index (χ0) is 17.6. The summed E-state index contributed by atoms with van der Waals surface area (Å²) in [6.45, 7) is 0. The van der Waals surface area contributed by atoms with Crippen molar-refractivity contribution in [3.05, 3.63) is 60.3 Å². The van der Waals surface area contributed by atoms with Crippen LogP contribution in [0.1, 0.15) is 10.4 Å². The summed E-state index contributed by atoms with van der Waals surface area (Å²) in [5.41, 5.74) is 3.20. The predicted molar refractivity (Wildman–Crippen MR) is 96.6 cm³/mol. The molecule has 0 aliphatic rings. The van der Waals surface area contributed by atoms with Gasteiger partial charge >= 0.3 is 0 Å². The lowest BCUT2D eigenvalue weighted by Crippen LogP contribution is -2.22. The molecular weight excluding hydrogens is 316 g/mol. The van der Waals surface area contributed by atoms with E-state index in [9.17, 15) is 9.90 Å². The van der Waals surface area contributed by atoms with Crippen molar-refractivity contribution in [2.24, 2.45) is 0 Å². The zero-order valence-corrected chi connectivity index (χ0v) is 13.9. The van der Waals surface area contributed by atoms with Crippen molar-refractivity contribution < 1.29 is 14.3 Å². The molecule has 0 saturated carbocycles. The summed E-state index contributed by atoms with van der Waals surface area (Å²) >= 11 is 0. The van der Waals surface area contributed by atoms with E-state index in [2.05, 4.69) is 4.98 Å². The number of amides is 1. The lowest BCUT2D eigenvalue weighted by molar-refractivity contribution is 0.0828. The molecule has 1 amide bonds. The van der Waals surface area contributed by atoms with E-state index in [1.165, 1.54) is 4.90 Å². The molecule has 0 unspecified atom stereocenters. The summed E-state index contributed by atoms with van der Waals surface area (Å²) in [5.74, 6) is 0.00121. The SMILES string of the molecule is CN(C)C(=O)c1cnc2oc3ccc(O)cc3c2c1-c1ccccc1. The second kappa shape index (κ2) is 5.63.